The van der Waals surface area contributed by atoms with Crippen molar-refractivity contribution >= 4 is 66.8 Å². The summed E-state index contributed by atoms with van der Waals surface area (Å²) in [7, 11) is 9.81. The van der Waals surface area contributed by atoms with E-state index in [0.29, 0.717) is 5.38 Å². The molecular formula is C3H8Cl3LiMg. The number of halogens is 3. The van der Waals surface area contributed by atoms with Gasteiger partial charge in [-0.2, -0.15) is 0 Å². The average molecular weight is 182 g/mol. The standard InChI is InChI=1S/C3H7Cl.2ClH.Li.Mg.H/c1-3(2)4;;;;;/h3H,1-2H3;2*1H;;;/q;;;;+2;/p-2. The molecule has 0 bridgehead atoms. The average Bonchev–Trinajstić information content (AvgIpc) is 1.33. The fraction of sp³-hybridized carbons (Fsp3) is 1.00. The first-order valence-corrected chi connectivity index (χ1v) is 6.62. The Morgan fingerprint density at radius 1 is 1.25 bits per heavy atom. The van der Waals surface area contributed by atoms with E-state index < -0.39 is 18.2 Å². The second-order valence-electron chi connectivity index (χ2n) is 1.11. The van der Waals surface area contributed by atoms with Gasteiger partial charge in [-0.3, -0.25) is 0 Å². The van der Waals surface area contributed by atoms with E-state index in [9.17, 15) is 0 Å². The molecule has 0 atom stereocenters. The molecule has 0 aliphatic carbocycles. The number of alkyl halides is 1. The van der Waals surface area contributed by atoms with Crippen molar-refractivity contribution in [2.45, 2.75) is 19.2 Å². The van der Waals surface area contributed by atoms with E-state index in [0.717, 1.165) is 0 Å². The van der Waals surface area contributed by atoms with Crippen LogP contribution in [0.25, 0.3) is 0 Å². The zero-order chi connectivity index (χ0) is 6.28. The minimum atomic E-state index is -0.639. The van der Waals surface area contributed by atoms with Crippen LogP contribution in [0.15, 0.2) is 0 Å². The van der Waals surface area contributed by atoms with Crippen LogP contribution < -0.4 is 0 Å². The number of hydrogen-bond acceptors (Lipinski definition) is 0. The van der Waals surface area contributed by atoms with Gasteiger partial charge in [-0.05, 0) is 13.8 Å². The predicted octanol–water partition coefficient (Wildman–Crippen LogP) is 1.98. The van der Waals surface area contributed by atoms with Crippen molar-refractivity contribution < 1.29 is 0 Å². The van der Waals surface area contributed by atoms with Crippen LogP contribution in [0.4, 0.5) is 0 Å². The first-order chi connectivity index (χ1) is 3.15. The summed E-state index contributed by atoms with van der Waals surface area (Å²) in [6, 6.07) is 0. The monoisotopic (exact) mass is 180 g/mol. The summed E-state index contributed by atoms with van der Waals surface area (Å²) in [5, 5.41) is 0.306. The van der Waals surface area contributed by atoms with Crippen molar-refractivity contribution in [1.29, 1.82) is 0 Å². The molecule has 0 aliphatic rings. The third-order valence-corrected chi connectivity index (χ3v) is 0. The Bertz CT molecular complexity index is 25.7. The van der Waals surface area contributed by atoms with E-state index in [4.69, 9.17) is 29.7 Å². The summed E-state index contributed by atoms with van der Waals surface area (Å²) in [5.41, 5.74) is 0. The zero-order valence-electron chi connectivity index (χ0n) is 4.42. The molecule has 0 saturated heterocycles. The van der Waals surface area contributed by atoms with Gasteiger partial charge in [0, 0.05) is 5.38 Å². The summed E-state index contributed by atoms with van der Waals surface area (Å²) >= 11 is 4.64. The van der Waals surface area contributed by atoms with Gasteiger partial charge in [-0.1, -0.05) is 0 Å². The first-order valence-electron chi connectivity index (χ1n) is 1.91. The molecule has 0 rings (SSSR count). The predicted molar refractivity (Wildman–Crippen MR) is 45.6 cm³/mol. The maximum atomic E-state index is 5.27. The SMILES string of the molecule is CC(C)Cl.[Cl][Mg][Cl].[LiH]. The van der Waals surface area contributed by atoms with E-state index in [1.165, 1.54) is 0 Å². The number of rotatable bonds is 0. The molecule has 0 nitrogen and oxygen atoms in total. The van der Waals surface area contributed by atoms with Crippen LogP contribution in [0.2, 0.25) is 0 Å². The molecule has 0 radical (unpaired) electrons. The third kappa shape index (κ3) is 86.4. The molecular weight excluding hydrogens is 174 g/mol. The van der Waals surface area contributed by atoms with Crippen LogP contribution in [0.5, 0.6) is 0 Å². The molecule has 0 aromatic heterocycles. The first kappa shape index (κ1) is 16.7. The van der Waals surface area contributed by atoms with Gasteiger partial charge in [0.25, 0.3) is 0 Å². The van der Waals surface area contributed by atoms with Crippen LogP contribution in [0, 0.1) is 0 Å². The molecule has 0 saturated carbocycles. The summed E-state index contributed by atoms with van der Waals surface area (Å²) < 4.78 is 0. The molecule has 0 aromatic rings. The second-order valence-corrected chi connectivity index (χ2v) is 4.61. The Labute approximate surface area is 85.1 Å². The maximum absolute atomic E-state index is 5.27. The Hall–Kier alpha value is 2.23. The molecule has 0 unspecified atom stereocenters. The molecule has 0 amide bonds. The Kier molecular flexibility index (Phi) is 33.6. The van der Waals surface area contributed by atoms with E-state index in [1.807, 2.05) is 13.8 Å². The zero-order valence-corrected chi connectivity index (χ0v) is 8.10. The minimum absolute atomic E-state index is 0. The quantitative estimate of drug-likeness (QED) is 0.396. The van der Waals surface area contributed by atoms with E-state index in [-0.39, 0.29) is 18.9 Å². The van der Waals surface area contributed by atoms with Crippen LogP contribution in [0.3, 0.4) is 0 Å². The van der Waals surface area contributed by atoms with E-state index >= 15 is 0 Å². The van der Waals surface area contributed by atoms with Gasteiger partial charge in [0.1, 0.15) is 0 Å². The summed E-state index contributed by atoms with van der Waals surface area (Å²) in [6.07, 6.45) is 0. The van der Waals surface area contributed by atoms with Gasteiger partial charge in [-0.25, -0.2) is 0 Å². The normalized spacial score (nSPS) is 5.75. The van der Waals surface area contributed by atoms with Gasteiger partial charge in [0.05, 0.1) is 0 Å². The van der Waals surface area contributed by atoms with Gasteiger partial charge >= 0.3 is 37.0 Å². The molecule has 44 valence electrons. The van der Waals surface area contributed by atoms with Crippen LogP contribution in [-0.2, 0) is 0 Å². The molecule has 0 aliphatic heterocycles. The summed E-state index contributed by atoms with van der Waals surface area (Å²) in [6.45, 7) is 3.86. The molecule has 0 heterocycles. The molecule has 0 fully saturated rings. The Balaban J connectivity index is -0.0000000575. The van der Waals surface area contributed by atoms with E-state index in [2.05, 4.69) is 0 Å². The Morgan fingerprint density at radius 2 is 1.25 bits per heavy atom. The molecule has 8 heavy (non-hydrogen) atoms. The fourth-order valence-corrected chi connectivity index (χ4v) is 0. The Morgan fingerprint density at radius 3 is 1.25 bits per heavy atom. The number of hydrogen-bond donors (Lipinski definition) is 0. The second kappa shape index (κ2) is 16.1. The summed E-state index contributed by atoms with van der Waals surface area (Å²) in [4.78, 5) is 0. The topological polar surface area (TPSA) is 0 Å². The van der Waals surface area contributed by atoms with Crippen molar-refractivity contribution in [2.24, 2.45) is 0 Å². The van der Waals surface area contributed by atoms with Crippen LogP contribution in [0.1, 0.15) is 13.8 Å². The summed E-state index contributed by atoms with van der Waals surface area (Å²) in [5.74, 6) is 0. The van der Waals surface area contributed by atoms with Gasteiger partial charge in [0.2, 0.25) is 0 Å². The van der Waals surface area contributed by atoms with Crippen LogP contribution >= 0.6 is 29.7 Å². The van der Waals surface area contributed by atoms with Gasteiger partial charge in [-0.15, -0.1) is 11.6 Å². The van der Waals surface area contributed by atoms with Crippen molar-refractivity contribution in [3.63, 3.8) is 0 Å². The van der Waals surface area contributed by atoms with Gasteiger partial charge < -0.3 is 18.1 Å². The molecule has 0 N–H and O–H groups in total. The molecule has 0 spiro atoms. The molecule has 5 heteroatoms. The van der Waals surface area contributed by atoms with Crippen molar-refractivity contribution in [3.8, 4) is 0 Å². The van der Waals surface area contributed by atoms with Crippen molar-refractivity contribution in [3.05, 3.63) is 0 Å². The van der Waals surface area contributed by atoms with Gasteiger partial charge in [0.15, 0.2) is 0 Å². The molecule has 0 aromatic carbocycles. The van der Waals surface area contributed by atoms with Crippen molar-refractivity contribution in [2.75, 3.05) is 0 Å². The fourth-order valence-electron chi connectivity index (χ4n) is 0. The van der Waals surface area contributed by atoms with Crippen LogP contribution in [-0.4, -0.2) is 42.4 Å². The van der Waals surface area contributed by atoms with Crippen molar-refractivity contribution in [1.82, 2.24) is 0 Å². The van der Waals surface area contributed by atoms with E-state index in [1.54, 1.807) is 0 Å². The third-order valence-electron chi connectivity index (χ3n) is 0.